The number of aromatic nitrogens is 1. The van der Waals surface area contributed by atoms with Gasteiger partial charge in [0.05, 0.1) is 11.2 Å². The predicted molar refractivity (Wildman–Crippen MR) is 52.1 cm³/mol. The molecule has 0 saturated heterocycles. The number of nitrogens with two attached hydrogens (primary N) is 1. The van der Waals surface area contributed by atoms with E-state index in [0.29, 0.717) is 0 Å². The van der Waals surface area contributed by atoms with Gasteiger partial charge in [-0.2, -0.15) is 0 Å². The first-order valence-electron chi connectivity index (χ1n) is 3.99. The molecule has 0 amide bonds. The number of rotatable bonds is 1. The maximum atomic E-state index is 5.85. The summed E-state index contributed by atoms with van der Waals surface area (Å²) in [5.41, 5.74) is 7.08. The van der Waals surface area contributed by atoms with E-state index < -0.39 is 0 Å². The largest absolute Gasteiger partial charge is 0.332 e. The Morgan fingerprint density at radius 2 is 2.17 bits per heavy atom. The fourth-order valence-electron chi connectivity index (χ4n) is 1.38. The molecule has 1 aromatic heterocycles. The van der Waals surface area contributed by atoms with E-state index in [4.69, 9.17) is 5.73 Å². The average Bonchev–Trinajstić information content (AvgIpc) is 2.40. The fraction of sp³-hybridized carbons (Fsp3) is 0.222. The molecule has 0 saturated carbocycles. The Morgan fingerprint density at radius 1 is 1.42 bits per heavy atom. The van der Waals surface area contributed by atoms with Crippen molar-refractivity contribution in [2.45, 2.75) is 13.5 Å². The summed E-state index contributed by atoms with van der Waals surface area (Å²) >= 11 is 1.64. The zero-order valence-corrected chi connectivity index (χ0v) is 7.77. The van der Waals surface area contributed by atoms with Crippen LogP contribution in [0.4, 0.5) is 5.13 Å². The second-order valence-electron chi connectivity index (χ2n) is 2.65. The Morgan fingerprint density at radius 3 is 2.92 bits per heavy atom. The standard InChI is InChI=1S/C9H10N2S/c1-2-11-7-5-3-4-6-8(7)12-9(11)10/h3-6,10H,2H2,1H3/p+1. The summed E-state index contributed by atoms with van der Waals surface area (Å²) in [6.45, 7) is 3.05. The maximum Gasteiger partial charge on any atom is 0.332 e. The Kier molecular flexibility index (Phi) is 1.73. The van der Waals surface area contributed by atoms with Gasteiger partial charge >= 0.3 is 5.13 Å². The second kappa shape index (κ2) is 2.75. The Bertz CT molecular complexity index is 406. The van der Waals surface area contributed by atoms with E-state index in [0.717, 1.165) is 11.7 Å². The van der Waals surface area contributed by atoms with Crippen molar-refractivity contribution in [3.8, 4) is 0 Å². The minimum atomic E-state index is 0.888. The first-order chi connectivity index (χ1) is 5.83. The maximum absolute atomic E-state index is 5.85. The normalized spacial score (nSPS) is 10.8. The van der Waals surface area contributed by atoms with Crippen molar-refractivity contribution in [3.05, 3.63) is 24.3 Å². The second-order valence-corrected chi connectivity index (χ2v) is 3.71. The van der Waals surface area contributed by atoms with Gasteiger partial charge in [0.25, 0.3) is 0 Å². The molecule has 0 aliphatic heterocycles. The van der Waals surface area contributed by atoms with Crippen LogP contribution in [0.1, 0.15) is 6.92 Å². The van der Waals surface area contributed by atoms with Crippen LogP contribution in [0.2, 0.25) is 0 Å². The zero-order valence-electron chi connectivity index (χ0n) is 6.95. The van der Waals surface area contributed by atoms with Crippen LogP contribution >= 0.6 is 11.3 Å². The van der Waals surface area contributed by atoms with Crippen LogP contribution in [0.15, 0.2) is 24.3 Å². The number of thiazole rings is 1. The van der Waals surface area contributed by atoms with E-state index in [-0.39, 0.29) is 0 Å². The highest BCUT2D eigenvalue weighted by atomic mass is 32.1. The van der Waals surface area contributed by atoms with Gasteiger partial charge in [-0.05, 0) is 30.4 Å². The molecule has 2 nitrogen and oxygen atoms in total. The number of hydrogen-bond donors (Lipinski definition) is 1. The number of fused-ring (bicyclic) bond motifs is 1. The quantitative estimate of drug-likeness (QED) is 0.665. The molecule has 12 heavy (non-hydrogen) atoms. The summed E-state index contributed by atoms with van der Waals surface area (Å²) in [5, 5.41) is 0.888. The molecule has 0 aliphatic rings. The van der Waals surface area contributed by atoms with Gasteiger partial charge in [-0.3, -0.25) is 5.73 Å². The molecular formula is C9H11N2S+. The van der Waals surface area contributed by atoms with Crippen molar-refractivity contribution in [1.29, 1.82) is 0 Å². The molecule has 1 aromatic carbocycles. The number of nitrogen functional groups attached to an aromatic ring is 1. The highest BCUT2D eigenvalue weighted by Crippen LogP contribution is 2.20. The van der Waals surface area contributed by atoms with E-state index in [1.165, 1.54) is 10.2 Å². The number of benzene rings is 1. The van der Waals surface area contributed by atoms with E-state index in [1.54, 1.807) is 11.3 Å². The van der Waals surface area contributed by atoms with Crippen LogP contribution in [0.25, 0.3) is 10.2 Å². The van der Waals surface area contributed by atoms with Gasteiger partial charge in [-0.15, -0.1) is 0 Å². The summed E-state index contributed by atoms with van der Waals surface area (Å²) < 4.78 is 3.39. The lowest BCUT2D eigenvalue weighted by Gasteiger charge is -1.92. The Hall–Kier alpha value is -1.09. The minimum Gasteiger partial charge on any atom is -0.278 e. The molecule has 2 aromatic rings. The average molecular weight is 179 g/mol. The first kappa shape index (κ1) is 7.55. The lowest BCUT2D eigenvalue weighted by atomic mass is 10.3. The Balaban J connectivity index is 2.81. The van der Waals surface area contributed by atoms with Crippen LogP contribution in [0.5, 0.6) is 0 Å². The lowest BCUT2D eigenvalue weighted by Crippen LogP contribution is -2.33. The molecular weight excluding hydrogens is 168 g/mol. The summed E-state index contributed by atoms with van der Waals surface area (Å²) in [5.74, 6) is 0. The lowest BCUT2D eigenvalue weighted by molar-refractivity contribution is -0.649. The zero-order chi connectivity index (χ0) is 8.55. The van der Waals surface area contributed by atoms with E-state index in [1.807, 2.05) is 12.1 Å². The summed E-state index contributed by atoms with van der Waals surface area (Å²) in [6, 6.07) is 8.28. The van der Waals surface area contributed by atoms with Crippen molar-refractivity contribution in [3.63, 3.8) is 0 Å². The number of nitrogens with zero attached hydrogens (tertiary/aromatic N) is 1. The van der Waals surface area contributed by atoms with E-state index in [9.17, 15) is 0 Å². The summed E-state index contributed by atoms with van der Waals surface area (Å²) in [6.07, 6.45) is 0. The van der Waals surface area contributed by atoms with Crippen molar-refractivity contribution >= 4 is 26.7 Å². The SMILES string of the molecule is CC[n+]1c(N)sc2ccccc21. The molecule has 0 fully saturated rings. The van der Waals surface area contributed by atoms with Crippen molar-refractivity contribution in [1.82, 2.24) is 0 Å². The van der Waals surface area contributed by atoms with E-state index >= 15 is 0 Å². The number of hydrogen-bond acceptors (Lipinski definition) is 2. The third-order valence-corrected chi connectivity index (χ3v) is 2.95. The van der Waals surface area contributed by atoms with Gasteiger partial charge in [-0.1, -0.05) is 12.1 Å². The highest BCUT2D eigenvalue weighted by Gasteiger charge is 2.11. The van der Waals surface area contributed by atoms with Gasteiger partial charge in [0.15, 0.2) is 0 Å². The van der Waals surface area contributed by atoms with Crippen molar-refractivity contribution < 1.29 is 4.57 Å². The molecule has 2 rings (SSSR count). The fourth-order valence-corrected chi connectivity index (χ4v) is 2.37. The molecule has 2 N–H and O–H groups in total. The third kappa shape index (κ3) is 0.975. The summed E-state index contributed by atoms with van der Waals surface area (Å²) in [7, 11) is 0. The molecule has 0 radical (unpaired) electrons. The van der Waals surface area contributed by atoms with Crippen LogP contribution in [0.3, 0.4) is 0 Å². The van der Waals surface area contributed by atoms with Gasteiger partial charge in [0.1, 0.15) is 5.52 Å². The van der Waals surface area contributed by atoms with Gasteiger partial charge in [0.2, 0.25) is 0 Å². The molecule has 62 valence electrons. The topological polar surface area (TPSA) is 29.9 Å². The van der Waals surface area contributed by atoms with Crippen LogP contribution in [-0.4, -0.2) is 0 Å². The van der Waals surface area contributed by atoms with Gasteiger partial charge in [0, 0.05) is 0 Å². The highest BCUT2D eigenvalue weighted by molar-refractivity contribution is 7.21. The molecule has 0 unspecified atom stereocenters. The van der Waals surface area contributed by atoms with Gasteiger partial charge < -0.3 is 0 Å². The van der Waals surface area contributed by atoms with Crippen LogP contribution in [0, 0.1) is 0 Å². The molecule has 0 bridgehead atoms. The number of aryl methyl sites for hydroxylation is 1. The molecule has 0 aliphatic carbocycles. The first-order valence-corrected chi connectivity index (χ1v) is 4.81. The molecule has 0 atom stereocenters. The van der Waals surface area contributed by atoms with Crippen molar-refractivity contribution in [2.75, 3.05) is 5.73 Å². The molecule has 3 heteroatoms. The number of para-hydroxylation sites is 1. The van der Waals surface area contributed by atoms with Crippen molar-refractivity contribution in [2.24, 2.45) is 0 Å². The monoisotopic (exact) mass is 179 g/mol. The number of anilines is 1. The predicted octanol–water partition coefficient (Wildman–Crippen LogP) is 1.79. The Labute approximate surface area is 75.3 Å². The molecule has 1 heterocycles. The molecule has 0 spiro atoms. The summed E-state index contributed by atoms with van der Waals surface area (Å²) in [4.78, 5) is 0. The van der Waals surface area contributed by atoms with Crippen LogP contribution in [-0.2, 0) is 6.54 Å². The third-order valence-electron chi connectivity index (χ3n) is 1.95. The van der Waals surface area contributed by atoms with E-state index in [2.05, 4.69) is 23.6 Å². The van der Waals surface area contributed by atoms with Crippen LogP contribution < -0.4 is 10.3 Å². The minimum absolute atomic E-state index is 0.888. The smallest absolute Gasteiger partial charge is 0.278 e. The van der Waals surface area contributed by atoms with Gasteiger partial charge in [-0.25, -0.2) is 4.57 Å².